The summed E-state index contributed by atoms with van der Waals surface area (Å²) in [5.41, 5.74) is 1.81. The molecule has 0 radical (unpaired) electrons. The van der Waals surface area contributed by atoms with Crippen LogP contribution in [0.2, 0.25) is 0 Å². The smallest absolute Gasteiger partial charge is 0.212 e. The lowest BCUT2D eigenvalue weighted by Gasteiger charge is -2.03. The Labute approximate surface area is 111 Å². The maximum Gasteiger partial charge on any atom is 0.212 e. The molecule has 92 valence electrons. The zero-order valence-electron chi connectivity index (χ0n) is 10.5. The van der Waals surface area contributed by atoms with Crippen molar-refractivity contribution in [3.63, 3.8) is 0 Å². The van der Waals surface area contributed by atoms with Gasteiger partial charge in [-0.25, -0.2) is 4.98 Å². The zero-order valence-corrected chi connectivity index (χ0v) is 10.5. The topological polar surface area (TPSA) is 42.9 Å². The van der Waals surface area contributed by atoms with E-state index in [0.717, 1.165) is 16.5 Å². The Morgan fingerprint density at radius 2 is 1.74 bits per heavy atom. The lowest BCUT2D eigenvalue weighted by atomic mass is 10.0. The number of hydrogen-bond acceptors (Lipinski definition) is 3. The van der Waals surface area contributed by atoms with Crippen LogP contribution in [0.1, 0.15) is 21.7 Å². The molecule has 0 amide bonds. The molecule has 19 heavy (non-hydrogen) atoms. The lowest BCUT2D eigenvalue weighted by Crippen LogP contribution is -2.05. The molecule has 0 bridgehead atoms. The van der Waals surface area contributed by atoms with E-state index in [1.807, 2.05) is 49.4 Å². The van der Waals surface area contributed by atoms with Crippen LogP contribution >= 0.6 is 0 Å². The van der Waals surface area contributed by atoms with E-state index >= 15 is 0 Å². The second-order valence-corrected chi connectivity index (χ2v) is 4.43. The van der Waals surface area contributed by atoms with E-state index in [0.29, 0.717) is 11.3 Å². The summed E-state index contributed by atoms with van der Waals surface area (Å²) in [5.74, 6) is -0.0988. The van der Waals surface area contributed by atoms with Crippen molar-refractivity contribution < 1.29 is 4.79 Å². The number of rotatable bonds is 2. The molecule has 3 heteroatoms. The Balaban J connectivity index is 2.04. The van der Waals surface area contributed by atoms with Gasteiger partial charge in [-0.05, 0) is 23.8 Å². The van der Waals surface area contributed by atoms with Crippen molar-refractivity contribution in [3.05, 3.63) is 71.8 Å². The minimum atomic E-state index is -0.0988. The van der Waals surface area contributed by atoms with Gasteiger partial charge in [-0.15, -0.1) is 0 Å². The predicted octanol–water partition coefficient (Wildman–Crippen LogP) is 3.17. The molecule has 0 saturated carbocycles. The van der Waals surface area contributed by atoms with E-state index in [1.54, 1.807) is 6.20 Å². The maximum atomic E-state index is 12.3. The molecule has 3 rings (SSSR count). The van der Waals surface area contributed by atoms with Gasteiger partial charge < -0.3 is 0 Å². The number of carbonyl (C=O) groups is 1. The average molecular weight is 248 g/mol. The van der Waals surface area contributed by atoms with Gasteiger partial charge in [0.2, 0.25) is 5.78 Å². The van der Waals surface area contributed by atoms with Crippen molar-refractivity contribution in [2.75, 3.05) is 0 Å². The number of carbonyl (C=O) groups excluding carboxylic acids is 1. The number of nitrogens with zero attached hydrogens (tertiary/aromatic N) is 2. The van der Waals surface area contributed by atoms with Gasteiger partial charge in [0, 0.05) is 11.8 Å². The number of benzene rings is 2. The monoisotopic (exact) mass is 248 g/mol. The largest absolute Gasteiger partial charge is 0.287 e. The van der Waals surface area contributed by atoms with Gasteiger partial charge in [-0.1, -0.05) is 36.4 Å². The van der Waals surface area contributed by atoms with Crippen molar-refractivity contribution in [3.8, 4) is 0 Å². The Morgan fingerprint density at radius 3 is 2.47 bits per heavy atom. The summed E-state index contributed by atoms with van der Waals surface area (Å²) in [6.45, 7) is 1.84. The number of aromatic nitrogens is 2. The molecule has 0 N–H and O–H groups in total. The van der Waals surface area contributed by atoms with Gasteiger partial charge in [0.15, 0.2) is 0 Å². The molecule has 0 fully saturated rings. The first kappa shape index (κ1) is 11.5. The number of fused-ring (bicyclic) bond motifs is 1. The van der Waals surface area contributed by atoms with Crippen LogP contribution in [0.15, 0.2) is 54.9 Å². The van der Waals surface area contributed by atoms with Crippen LogP contribution in [-0.4, -0.2) is 15.8 Å². The SMILES string of the molecule is Cc1cnc(C(=O)c2ccc3ccccc3c2)cn1. The van der Waals surface area contributed by atoms with Gasteiger partial charge in [0.1, 0.15) is 5.69 Å². The van der Waals surface area contributed by atoms with E-state index in [2.05, 4.69) is 9.97 Å². The summed E-state index contributed by atoms with van der Waals surface area (Å²) < 4.78 is 0. The molecule has 0 aliphatic rings. The van der Waals surface area contributed by atoms with Crippen molar-refractivity contribution in [1.29, 1.82) is 0 Å². The Morgan fingerprint density at radius 1 is 0.947 bits per heavy atom. The standard InChI is InChI=1S/C16H12N2O/c1-11-9-18-15(10-17-11)16(19)14-7-6-12-4-2-3-5-13(12)8-14/h2-10H,1H3. The van der Waals surface area contributed by atoms with Gasteiger partial charge in [-0.3, -0.25) is 9.78 Å². The first-order valence-electron chi connectivity index (χ1n) is 6.06. The van der Waals surface area contributed by atoms with Crippen molar-refractivity contribution in [2.24, 2.45) is 0 Å². The molecule has 1 heterocycles. The summed E-state index contributed by atoms with van der Waals surface area (Å²) >= 11 is 0. The van der Waals surface area contributed by atoms with Crippen molar-refractivity contribution in [2.45, 2.75) is 6.92 Å². The highest BCUT2D eigenvalue weighted by Gasteiger charge is 2.11. The molecule has 0 saturated heterocycles. The van der Waals surface area contributed by atoms with Crippen molar-refractivity contribution >= 4 is 16.6 Å². The Hall–Kier alpha value is -2.55. The lowest BCUT2D eigenvalue weighted by molar-refractivity contribution is 0.103. The van der Waals surface area contributed by atoms with Crippen LogP contribution in [0.4, 0.5) is 0 Å². The molecule has 0 atom stereocenters. The van der Waals surface area contributed by atoms with E-state index in [9.17, 15) is 4.79 Å². The number of ketones is 1. The van der Waals surface area contributed by atoms with Crippen molar-refractivity contribution in [1.82, 2.24) is 9.97 Å². The summed E-state index contributed by atoms with van der Waals surface area (Å²) in [5, 5.41) is 2.17. The second-order valence-electron chi connectivity index (χ2n) is 4.43. The molecular formula is C16H12N2O. The molecule has 0 unspecified atom stereocenters. The second kappa shape index (κ2) is 4.61. The Bertz CT molecular complexity index is 748. The van der Waals surface area contributed by atoms with Gasteiger partial charge in [0.25, 0.3) is 0 Å². The highest BCUT2D eigenvalue weighted by Crippen LogP contribution is 2.17. The molecule has 2 aromatic carbocycles. The molecule has 3 nitrogen and oxygen atoms in total. The van der Waals surface area contributed by atoms with Gasteiger partial charge in [0.05, 0.1) is 11.9 Å². The van der Waals surface area contributed by atoms with Gasteiger partial charge >= 0.3 is 0 Å². The Kier molecular flexibility index (Phi) is 2.80. The first-order valence-corrected chi connectivity index (χ1v) is 6.06. The zero-order chi connectivity index (χ0) is 13.2. The van der Waals surface area contributed by atoms with Crippen LogP contribution in [0, 0.1) is 6.92 Å². The first-order chi connectivity index (χ1) is 9.24. The highest BCUT2D eigenvalue weighted by molar-refractivity contribution is 6.09. The minimum absolute atomic E-state index is 0.0988. The molecule has 1 aromatic heterocycles. The van der Waals surface area contributed by atoms with Crippen LogP contribution < -0.4 is 0 Å². The number of hydrogen-bond donors (Lipinski definition) is 0. The summed E-state index contributed by atoms with van der Waals surface area (Å²) in [6.07, 6.45) is 3.13. The van der Waals surface area contributed by atoms with Crippen LogP contribution in [0.3, 0.4) is 0 Å². The predicted molar refractivity (Wildman–Crippen MR) is 74.1 cm³/mol. The fourth-order valence-electron chi connectivity index (χ4n) is 1.99. The quantitative estimate of drug-likeness (QED) is 0.654. The summed E-state index contributed by atoms with van der Waals surface area (Å²) in [6, 6.07) is 13.6. The molecule has 3 aromatic rings. The van der Waals surface area contributed by atoms with Crippen LogP contribution in [0.25, 0.3) is 10.8 Å². The summed E-state index contributed by atoms with van der Waals surface area (Å²) in [4.78, 5) is 20.5. The molecule has 0 spiro atoms. The minimum Gasteiger partial charge on any atom is -0.287 e. The fraction of sp³-hybridized carbons (Fsp3) is 0.0625. The third-order valence-electron chi connectivity index (χ3n) is 3.03. The third-order valence-corrected chi connectivity index (χ3v) is 3.03. The van der Waals surface area contributed by atoms with Crippen LogP contribution in [-0.2, 0) is 0 Å². The summed E-state index contributed by atoms with van der Waals surface area (Å²) in [7, 11) is 0. The molecular weight excluding hydrogens is 236 g/mol. The highest BCUT2D eigenvalue weighted by atomic mass is 16.1. The molecule has 0 aliphatic heterocycles. The fourth-order valence-corrected chi connectivity index (χ4v) is 1.99. The van der Waals surface area contributed by atoms with Gasteiger partial charge in [-0.2, -0.15) is 0 Å². The van der Waals surface area contributed by atoms with E-state index in [-0.39, 0.29) is 5.78 Å². The van der Waals surface area contributed by atoms with Crippen LogP contribution in [0.5, 0.6) is 0 Å². The normalized spacial score (nSPS) is 10.6. The number of aryl methyl sites for hydroxylation is 1. The maximum absolute atomic E-state index is 12.3. The van der Waals surface area contributed by atoms with E-state index in [4.69, 9.17) is 0 Å². The molecule has 0 aliphatic carbocycles. The average Bonchev–Trinajstić information content (AvgIpc) is 2.47. The third kappa shape index (κ3) is 2.22. The van der Waals surface area contributed by atoms with E-state index in [1.165, 1.54) is 6.20 Å². The van der Waals surface area contributed by atoms with E-state index < -0.39 is 0 Å².